The SMILES string of the molecule is Cc1cc(OCC(=O)N2CCCN(C(=O)C3CCCO3)CC2)cc(C)c1Cl. The number of ether oxygens (including phenoxy) is 2. The highest BCUT2D eigenvalue weighted by Gasteiger charge is 2.30. The van der Waals surface area contributed by atoms with Gasteiger partial charge >= 0.3 is 0 Å². The summed E-state index contributed by atoms with van der Waals surface area (Å²) in [4.78, 5) is 28.6. The van der Waals surface area contributed by atoms with E-state index in [1.165, 1.54) is 0 Å². The van der Waals surface area contributed by atoms with Gasteiger partial charge in [0.1, 0.15) is 11.9 Å². The number of aryl methyl sites for hydroxylation is 2. The maximum Gasteiger partial charge on any atom is 0.260 e. The minimum atomic E-state index is -0.299. The molecule has 1 aromatic carbocycles. The molecule has 0 aromatic heterocycles. The third kappa shape index (κ3) is 4.93. The van der Waals surface area contributed by atoms with Gasteiger partial charge in [-0.1, -0.05) is 11.6 Å². The van der Waals surface area contributed by atoms with Crippen molar-refractivity contribution in [2.45, 2.75) is 39.2 Å². The predicted octanol–water partition coefficient (Wildman–Crippen LogP) is 2.58. The van der Waals surface area contributed by atoms with Crippen molar-refractivity contribution in [2.24, 2.45) is 0 Å². The van der Waals surface area contributed by atoms with Crippen LogP contribution in [-0.4, -0.2) is 67.1 Å². The summed E-state index contributed by atoms with van der Waals surface area (Å²) in [6.45, 7) is 6.85. The van der Waals surface area contributed by atoms with Crippen LogP contribution in [0.15, 0.2) is 12.1 Å². The van der Waals surface area contributed by atoms with Crippen molar-refractivity contribution in [3.05, 3.63) is 28.3 Å². The highest BCUT2D eigenvalue weighted by molar-refractivity contribution is 6.32. The van der Waals surface area contributed by atoms with Crippen LogP contribution < -0.4 is 4.74 Å². The number of benzene rings is 1. The van der Waals surface area contributed by atoms with Gasteiger partial charge in [0, 0.05) is 37.8 Å². The highest BCUT2D eigenvalue weighted by atomic mass is 35.5. The molecule has 6 nitrogen and oxygen atoms in total. The molecule has 2 heterocycles. The molecule has 2 saturated heterocycles. The Morgan fingerprint density at radius 3 is 2.44 bits per heavy atom. The molecule has 2 amide bonds. The number of carbonyl (C=O) groups excluding carboxylic acids is 2. The van der Waals surface area contributed by atoms with E-state index in [9.17, 15) is 9.59 Å². The molecule has 0 N–H and O–H groups in total. The van der Waals surface area contributed by atoms with E-state index in [4.69, 9.17) is 21.1 Å². The number of rotatable bonds is 4. The van der Waals surface area contributed by atoms with Crippen molar-refractivity contribution in [1.29, 1.82) is 0 Å². The smallest absolute Gasteiger partial charge is 0.260 e. The van der Waals surface area contributed by atoms with Crippen LogP contribution in [-0.2, 0) is 14.3 Å². The zero-order chi connectivity index (χ0) is 19.4. The first-order valence-corrected chi connectivity index (χ1v) is 9.91. The minimum Gasteiger partial charge on any atom is -0.484 e. The van der Waals surface area contributed by atoms with Gasteiger partial charge in [0.25, 0.3) is 11.8 Å². The molecule has 7 heteroatoms. The minimum absolute atomic E-state index is 0.0137. The van der Waals surface area contributed by atoms with Crippen molar-refractivity contribution in [3.63, 3.8) is 0 Å². The quantitative estimate of drug-likeness (QED) is 0.787. The molecule has 0 saturated carbocycles. The fourth-order valence-electron chi connectivity index (χ4n) is 3.59. The van der Waals surface area contributed by atoms with Crippen LogP contribution in [0, 0.1) is 13.8 Å². The first-order chi connectivity index (χ1) is 13.0. The average molecular weight is 395 g/mol. The van der Waals surface area contributed by atoms with E-state index in [2.05, 4.69) is 0 Å². The van der Waals surface area contributed by atoms with Gasteiger partial charge in [-0.2, -0.15) is 0 Å². The molecule has 0 aliphatic carbocycles. The third-order valence-electron chi connectivity index (χ3n) is 5.14. The van der Waals surface area contributed by atoms with Crippen molar-refractivity contribution in [3.8, 4) is 5.75 Å². The second kappa shape index (κ2) is 8.93. The lowest BCUT2D eigenvalue weighted by Gasteiger charge is -2.24. The third-order valence-corrected chi connectivity index (χ3v) is 5.73. The number of carbonyl (C=O) groups is 2. The van der Waals surface area contributed by atoms with Crippen molar-refractivity contribution < 1.29 is 19.1 Å². The fourth-order valence-corrected chi connectivity index (χ4v) is 3.70. The molecule has 148 valence electrons. The number of nitrogens with zero attached hydrogens (tertiary/aromatic N) is 2. The van der Waals surface area contributed by atoms with Crippen LogP contribution in [0.25, 0.3) is 0 Å². The Balaban J connectivity index is 1.51. The molecule has 3 rings (SSSR count). The summed E-state index contributed by atoms with van der Waals surface area (Å²) in [5.74, 6) is 0.643. The van der Waals surface area contributed by atoms with E-state index in [0.717, 1.165) is 35.4 Å². The van der Waals surface area contributed by atoms with Gasteiger partial charge in [-0.15, -0.1) is 0 Å². The van der Waals surface area contributed by atoms with E-state index in [0.29, 0.717) is 38.5 Å². The lowest BCUT2D eigenvalue weighted by molar-refractivity contribution is -0.141. The second-order valence-electron chi connectivity index (χ2n) is 7.22. The lowest BCUT2D eigenvalue weighted by atomic mass is 10.1. The molecule has 27 heavy (non-hydrogen) atoms. The summed E-state index contributed by atoms with van der Waals surface area (Å²) in [6, 6.07) is 3.68. The maximum atomic E-state index is 12.5. The summed E-state index contributed by atoms with van der Waals surface area (Å²) >= 11 is 6.17. The first kappa shape index (κ1) is 20.0. The summed E-state index contributed by atoms with van der Waals surface area (Å²) in [5.41, 5.74) is 1.86. The zero-order valence-electron chi connectivity index (χ0n) is 16.0. The van der Waals surface area contributed by atoms with Crippen LogP contribution >= 0.6 is 11.6 Å². The molecule has 1 atom stereocenters. The van der Waals surface area contributed by atoms with Crippen LogP contribution in [0.3, 0.4) is 0 Å². The molecule has 0 radical (unpaired) electrons. The van der Waals surface area contributed by atoms with Crippen LogP contribution in [0.2, 0.25) is 5.02 Å². The summed E-state index contributed by atoms with van der Waals surface area (Å²) in [7, 11) is 0. The van der Waals surface area contributed by atoms with E-state index in [-0.39, 0.29) is 24.5 Å². The molecule has 0 bridgehead atoms. The Morgan fingerprint density at radius 2 is 1.78 bits per heavy atom. The monoisotopic (exact) mass is 394 g/mol. The van der Waals surface area contributed by atoms with Gasteiger partial charge in [-0.05, 0) is 56.4 Å². The van der Waals surface area contributed by atoms with Crippen molar-refractivity contribution >= 4 is 23.4 Å². The molecular weight excluding hydrogens is 368 g/mol. The van der Waals surface area contributed by atoms with Crippen LogP contribution in [0.4, 0.5) is 0 Å². The fraction of sp³-hybridized carbons (Fsp3) is 0.600. The normalized spacial score (nSPS) is 20.5. The van der Waals surface area contributed by atoms with Crippen LogP contribution in [0.5, 0.6) is 5.75 Å². The first-order valence-electron chi connectivity index (χ1n) is 9.53. The van der Waals surface area contributed by atoms with Crippen molar-refractivity contribution in [1.82, 2.24) is 9.80 Å². The molecule has 0 spiro atoms. The molecule has 2 aliphatic heterocycles. The Hall–Kier alpha value is -1.79. The highest BCUT2D eigenvalue weighted by Crippen LogP contribution is 2.26. The standard InChI is InChI=1S/C20H27ClN2O4/c1-14-11-16(12-15(2)19(14)21)27-13-18(24)22-6-4-7-23(9-8-22)20(25)17-5-3-10-26-17/h11-12,17H,3-10,13H2,1-2H3. The predicted molar refractivity (Wildman–Crippen MR) is 103 cm³/mol. The van der Waals surface area contributed by atoms with E-state index in [1.807, 2.05) is 30.9 Å². The number of hydrogen-bond acceptors (Lipinski definition) is 4. The van der Waals surface area contributed by atoms with Gasteiger partial charge in [0.15, 0.2) is 6.61 Å². The Bertz CT molecular complexity index is 680. The van der Waals surface area contributed by atoms with Gasteiger partial charge in [-0.3, -0.25) is 9.59 Å². The second-order valence-corrected chi connectivity index (χ2v) is 7.60. The maximum absolute atomic E-state index is 12.5. The Labute approximate surface area is 165 Å². The molecule has 1 aromatic rings. The Kier molecular flexibility index (Phi) is 6.60. The van der Waals surface area contributed by atoms with Crippen molar-refractivity contribution in [2.75, 3.05) is 39.4 Å². The number of halogens is 1. The van der Waals surface area contributed by atoms with Gasteiger partial charge < -0.3 is 19.3 Å². The number of amides is 2. The van der Waals surface area contributed by atoms with Gasteiger partial charge in [-0.25, -0.2) is 0 Å². The summed E-state index contributed by atoms with van der Waals surface area (Å²) in [6.07, 6.45) is 2.21. The van der Waals surface area contributed by atoms with E-state index in [1.54, 1.807) is 4.90 Å². The summed E-state index contributed by atoms with van der Waals surface area (Å²) < 4.78 is 11.2. The van der Waals surface area contributed by atoms with E-state index < -0.39 is 0 Å². The van der Waals surface area contributed by atoms with E-state index >= 15 is 0 Å². The number of hydrogen-bond donors (Lipinski definition) is 0. The largest absolute Gasteiger partial charge is 0.484 e. The van der Waals surface area contributed by atoms with Crippen LogP contribution in [0.1, 0.15) is 30.4 Å². The molecule has 1 unspecified atom stereocenters. The van der Waals surface area contributed by atoms with Gasteiger partial charge in [0.2, 0.25) is 0 Å². The Morgan fingerprint density at radius 1 is 1.11 bits per heavy atom. The zero-order valence-corrected chi connectivity index (χ0v) is 16.8. The average Bonchev–Trinajstić information content (AvgIpc) is 3.08. The molecule has 2 aliphatic rings. The van der Waals surface area contributed by atoms with Gasteiger partial charge in [0.05, 0.1) is 0 Å². The molecule has 2 fully saturated rings. The molecular formula is C20H27ClN2O4. The lowest BCUT2D eigenvalue weighted by Crippen LogP contribution is -2.42. The summed E-state index contributed by atoms with van der Waals surface area (Å²) in [5, 5.41) is 0.720. The topological polar surface area (TPSA) is 59.1 Å².